The molecular formula is C29H38O7. The highest BCUT2D eigenvalue weighted by atomic mass is 16.5. The number of cyclic esters (lactones) is 1. The molecule has 0 radical (unpaired) electrons. The quantitative estimate of drug-likeness (QED) is 0.308. The van der Waals surface area contributed by atoms with Crippen LogP contribution in [0.15, 0.2) is 72.4 Å². The lowest BCUT2D eigenvalue weighted by Crippen LogP contribution is -2.27. The van der Waals surface area contributed by atoms with Crippen LogP contribution in [0.5, 0.6) is 5.75 Å². The second-order valence-electron chi connectivity index (χ2n) is 9.21. The summed E-state index contributed by atoms with van der Waals surface area (Å²) in [6.45, 7) is 3.47. The first-order valence-electron chi connectivity index (χ1n) is 12.2. The van der Waals surface area contributed by atoms with Gasteiger partial charge in [0.05, 0.1) is 24.4 Å². The molecule has 0 aromatic heterocycles. The zero-order valence-electron chi connectivity index (χ0n) is 20.9. The molecule has 0 aliphatic carbocycles. The summed E-state index contributed by atoms with van der Waals surface area (Å²) in [4.78, 5) is 13.0. The molecule has 1 aromatic carbocycles. The Morgan fingerprint density at radius 2 is 1.75 bits per heavy atom. The van der Waals surface area contributed by atoms with Crippen LogP contribution in [-0.2, 0) is 4.74 Å². The number of hydrogen-bond donors (Lipinski definition) is 5. The molecule has 5 atom stereocenters. The van der Waals surface area contributed by atoms with Crippen molar-refractivity contribution in [2.24, 2.45) is 0 Å². The minimum absolute atomic E-state index is 0.00468. The van der Waals surface area contributed by atoms with Crippen molar-refractivity contribution in [2.45, 2.75) is 76.5 Å². The van der Waals surface area contributed by atoms with E-state index in [4.69, 9.17) is 4.74 Å². The van der Waals surface area contributed by atoms with Crippen LogP contribution in [-0.4, -0.2) is 62.0 Å². The van der Waals surface area contributed by atoms with Gasteiger partial charge in [-0.15, -0.1) is 0 Å². The van der Waals surface area contributed by atoms with Crippen LogP contribution < -0.4 is 0 Å². The average molecular weight is 499 g/mol. The highest BCUT2D eigenvalue weighted by Gasteiger charge is 2.24. The average Bonchev–Trinajstić information content (AvgIpc) is 2.77. The minimum atomic E-state index is -0.890. The number of phenols is 1. The fourth-order valence-corrected chi connectivity index (χ4v) is 3.95. The van der Waals surface area contributed by atoms with Crippen LogP contribution in [0.2, 0.25) is 0 Å². The summed E-state index contributed by atoms with van der Waals surface area (Å²) in [5.74, 6) is -0.978. The lowest BCUT2D eigenvalue weighted by Gasteiger charge is -2.22. The van der Waals surface area contributed by atoms with Crippen molar-refractivity contribution < 1.29 is 35.1 Å². The number of esters is 1. The third kappa shape index (κ3) is 10.7. The Morgan fingerprint density at radius 1 is 1.03 bits per heavy atom. The molecule has 0 saturated heterocycles. The van der Waals surface area contributed by atoms with Gasteiger partial charge >= 0.3 is 5.97 Å². The Hall–Kier alpha value is -2.97. The molecule has 1 aliphatic heterocycles. The maximum Gasteiger partial charge on any atom is 0.342 e. The van der Waals surface area contributed by atoms with Gasteiger partial charge in [-0.1, -0.05) is 72.4 Å². The molecule has 0 spiro atoms. The topological polar surface area (TPSA) is 127 Å². The zero-order chi connectivity index (χ0) is 26.5. The molecule has 7 nitrogen and oxygen atoms in total. The Morgan fingerprint density at radius 3 is 2.50 bits per heavy atom. The molecule has 2 rings (SSSR count). The molecule has 0 amide bonds. The predicted octanol–water partition coefficient (Wildman–Crippen LogP) is 3.97. The number of carbonyl (C=O) groups is 1. The standard InChI is InChI=1S/C29H38O7/c1-20-10-6-4-3-5-7-11-22-12-8-15-27(34)28(22)29(35)36-26(17-21(2)30)19-24(32)14-9-13-23(31)18-25(33)16-20/h3-13,15,21,23-26,30-34H,14,16-19H2,1-2H3/b5-3+,6-4+,11-7+,13-9+,20-10+/t21-,23-,24+,25+,26+/m1/s1. The van der Waals surface area contributed by atoms with Gasteiger partial charge in [0.2, 0.25) is 0 Å². The first-order chi connectivity index (χ1) is 17.2. The van der Waals surface area contributed by atoms with Crippen molar-refractivity contribution in [1.82, 2.24) is 0 Å². The molecule has 5 N–H and O–H groups in total. The summed E-state index contributed by atoms with van der Waals surface area (Å²) >= 11 is 0. The number of rotatable bonds is 2. The van der Waals surface area contributed by atoms with Crippen molar-refractivity contribution >= 4 is 12.0 Å². The molecule has 0 bridgehead atoms. The number of allylic oxidation sites excluding steroid dienone is 6. The molecule has 1 heterocycles. The third-order valence-electron chi connectivity index (χ3n) is 5.63. The highest BCUT2D eigenvalue weighted by Crippen LogP contribution is 2.25. The molecule has 0 saturated carbocycles. The number of carbonyl (C=O) groups excluding carboxylic acids is 1. The van der Waals surface area contributed by atoms with E-state index in [0.29, 0.717) is 12.0 Å². The van der Waals surface area contributed by atoms with Gasteiger partial charge in [0.25, 0.3) is 0 Å². The predicted molar refractivity (Wildman–Crippen MR) is 140 cm³/mol. The van der Waals surface area contributed by atoms with Gasteiger partial charge in [-0.3, -0.25) is 0 Å². The van der Waals surface area contributed by atoms with Gasteiger partial charge in [-0.2, -0.15) is 0 Å². The van der Waals surface area contributed by atoms with Crippen molar-refractivity contribution in [2.75, 3.05) is 0 Å². The van der Waals surface area contributed by atoms with Crippen LogP contribution in [0.3, 0.4) is 0 Å². The van der Waals surface area contributed by atoms with Crippen LogP contribution in [0, 0.1) is 0 Å². The summed E-state index contributed by atoms with van der Waals surface area (Å²) in [7, 11) is 0. The number of hydrogen-bond acceptors (Lipinski definition) is 7. The van der Waals surface area contributed by atoms with E-state index in [-0.39, 0.29) is 37.0 Å². The summed E-state index contributed by atoms with van der Waals surface area (Å²) in [5, 5.41) is 51.2. The molecule has 196 valence electrons. The highest BCUT2D eigenvalue weighted by molar-refractivity contribution is 5.96. The molecule has 36 heavy (non-hydrogen) atoms. The van der Waals surface area contributed by atoms with Crippen molar-refractivity contribution in [1.29, 1.82) is 0 Å². The fourth-order valence-electron chi connectivity index (χ4n) is 3.95. The molecule has 0 fully saturated rings. The smallest absolute Gasteiger partial charge is 0.342 e. The lowest BCUT2D eigenvalue weighted by molar-refractivity contribution is -0.000111. The Bertz CT molecular complexity index is 987. The Labute approximate surface area is 213 Å². The van der Waals surface area contributed by atoms with Crippen LogP contribution >= 0.6 is 0 Å². The maximum atomic E-state index is 13.0. The van der Waals surface area contributed by atoms with E-state index in [9.17, 15) is 30.3 Å². The SMILES string of the molecule is C\C1=C/C=C/C=C/C=C/c2cccc(O)c2C(=O)O[C@@H](C[C@@H](C)O)C[C@@H](O)C/C=C/[C@@H](O)C[C@@H](O)C1. The molecule has 0 unspecified atom stereocenters. The van der Waals surface area contributed by atoms with Gasteiger partial charge < -0.3 is 30.3 Å². The van der Waals surface area contributed by atoms with Crippen molar-refractivity contribution in [3.05, 3.63) is 83.5 Å². The number of ether oxygens (including phenoxy) is 1. The van der Waals surface area contributed by atoms with Crippen LogP contribution in [0.4, 0.5) is 0 Å². The van der Waals surface area contributed by atoms with Crippen molar-refractivity contribution in [3.8, 4) is 5.75 Å². The van der Waals surface area contributed by atoms with Gasteiger partial charge in [-0.25, -0.2) is 4.79 Å². The van der Waals surface area contributed by atoms with E-state index in [1.54, 1.807) is 49.4 Å². The number of phenolic OH excluding ortho intramolecular Hbond substituents is 1. The molecule has 1 aliphatic rings. The summed E-state index contributed by atoms with van der Waals surface area (Å²) in [5.41, 5.74) is 1.43. The van der Waals surface area contributed by atoms with E-state index >= 15 is 0 Å². The number of fused-ring (bicyclic) bond motifs is 1. The summed E-state index contributed by atoms with van der Waals surface area (Å²) < 4.78 is 5.60. The normalized spacial score (nSPS) is 30.7. The number of benzene rings is 1. The van der Waals surface area contributed by atoms with Gasteiger partial charge in [0.1, 0.15) is 17.4 Å². The number of aliphatic hydroxyl groups excluding tert-OH is 4. The van der Waals surface area contributed by atoms with E-state index in [1.807, 2.05) is 25.2 Å². The maximum absolute atomic E-state index is 13.0. The first kappa shape index (κ1) is 29.3. The summed E-state index contributed by atoms with van der Waals surface area (Å²) in [6, 6.07) is 4.71. The monoisotopic (exact) mass is 498 g/mol. The second kappa shape index (κ2) is 15.2. The molecular weight excluding hydrogens is 460 g/mol. The van der Waals surface area contributed by atoms with Crippen molar-refractivity contribution in [3.63, 3.8) is 0 Å². The Kier molecular flexibility index (Phi) is 12.4. The van der Waals surface area contributed by atoms with Gasteiger partial charge in [-0.05, 0) is 38.3 Å². The third-order valence-corrected chi connectivity index (χ3v) is 5.63. The molecule has 7 heteroatoms. The zero-order valence-corrected chi connectivity index (χ0v) is 20.9. The van der Waals surface area contributed by atoms with Gasteiger partial charge in [0.15, 0.2) is 0 Å². The van der Waals surface area contributed by atoms with E-state index in [1.165, 1.54) is 12.1 Å². The van der Waals surface area contributed by atoms with E-state index in [2.05, 4.69) is 0 Å². The number of aromatic hydroxyl groups is 1. The Balaban J connectivity index is 2.33. The lowest BCUT2D eigenvalue weighted by atomic mass is 10.0. The van der Waals surface area contributed by atoms with E-state index in [0.717, 1.165) is 5.57 Å². The first-order valence-corrected chi connectivity index (χ1v) is 12.2. The largest absolute Gasteiger partial charge is 0.507 e. The molecule has 1 aromatic rings. The van der Waals surface area contributed by atoms with Crippen LogP contribution in [0.25, 0.3) is 6.08 Å². The van der Waals surface area contributed by atoms with Gasteiger partial charge in [0, 0.05) is 19.3 Å². The van der Waals surface area contributed by atoms with Crippen LogP contribution in [0.1, 0.15) is 61.9 Å². The summed E-state index contributed by atoms with van der Waals surface area (Å²) in [6.07, 6.45) is 12.6. The fraction of sp³-hybridized carbons (Fsp3) is 0.414. The van der Waals surface area contributed by atoms with E-state index < -0.39 is 36.5 Å². The number of aliphatic hydroxyl groups is 4. The second-order valence-corrected chi connectivity index (χ2v) is 9.21. The minimum Gasteiger partial charge on any atom is -0.507 e.